The molecule has 0 aliphatic carbocycles. The predicted octanol–water partition coefficient (Wildman–Crippen LogP) is 0.570. The van der Waals surface area contributed by atoms with Gasteiger partial charge in [-0.3, -0.25) is 4.79 Å². The smallest absolute Gasteiger partial charge is 0.273 e. The Morgan fingerprint density at radius 3 is 2.87 bits per heavy atom. The lowest BCUT2D eigenvalue weighted by Crippen LogP contribution is -2.34. The van der Waals surface area contributed by atoms with Crippen molar-refractivity contribution in [3.8, 4) is 0 Å². The molecule has 3 N–H and O–H groups in total. The Hall–Kier alpha value is -1.14. The zero-order valence-corrected chi connectivity index (χ0v) is 9.46. The number of carbonyl (C=O) groups is 1. The number of aliphatic hydroxyl groups is 1. The standard InChI is InChI=1S/C9H15N3O2S/c1-2-3-12(4-5-13)8(14)7-6-15-9(10)11-7/h6,13H,2-5H2,1H3,(H2,10,11). The van der Waals surface area contributed by atoms with Crippen molar-refractivity contribution in [2.45, 2.75) is 13.3 Å². The van der Waals surface area contributed by atoms with E-state index in [1.54, 1.807) is 10.3 Å². The van der Waals surface area contributed by atoms with Gasteiger partial charge in [0.25, 0.3) is 5.91 Å². The van der Waals surface area contributed by atoms with Gasteiger partial charge in [-0.05, 0) is 6.42 Å². The molecular formula is C9H15N3O2S. The lowest BCUT2D eigenvalue weighted by Gasteiger charge is -2.19. The highest BCUT2D eigenvalue weighted by atomic mass is 32.1. The quantitative estimate of drug-likeness (QED) is 0.773. The molecule has 84 valence electrons. The molecular weight excluding hydrogens is 214 g/mol. The van der Waals surface area contributed by atoms with Crippen LogP contribution in [0.2, 0.25) is 0 Å². The molecule has 15 heavy (non-hydrogen) atoms. The monoisotopic (exact) mass is 229 g/mol. The molecule has 0 saturated carbocycles. The first kappa shape index (κ1) is 11.9. The number of thiazole rings is 1. The summed E-state index contributed by atoms with van der Waals surface area (Å²) in [5.41, 5.74) is 5.81. The second-order valence-electron chi connectivity index (χ2n) is 3.09. The average molecular weight is 229 g/mol. The highest BCUT2D eigenvalue weighted by Gasteiger charge is 2.16. The summed E-state index contributed by atoms with van der Waals surface area (Å²) in [6.07, 6.45) is 0.853. The van der Waals surface area contributed by atoms with Gasteiger partial charge in [0.15, 0.2) is 5.13 Å². The first-order valence-electron chi connectivity index (χ1n) is 4.80. The van der Waals surface area contributed by atoms with Crippen LogP contribution in [-0.2, 0) is 0 Å². The molecule has 0 fully saturated rings. The zero-order valence-electron chi connectivity index (χ0n) is 8.64. The molecule has 0 aliphatic rings. The molecule has 1 amide bonds. The van der Waals surface area contributed by atoms with Crippen molar-refractivity contribution in [2.24, 2.45) is 0 Å². The molecule has 1 rings (SSSR count). The Morgan fingerprint density at radius 1 is 1.67 bits per heavy atom. The summed E-state index contributed by atoms with van der Waals surface area (Å²) in [5.74, 6) is -0.168. The number of amides is 1. The molecule has 0 saturated heterocycles. The van der Waals surface area contributed by atoms with E-state index in [1.165, 1.54) is 11.3 Å². The third kappa shape index (κ3) is 3.17. The summed E-state index contributed by atoms with van der Waals surface area (Å²) in [7, 11) is 0. The Balaban J connectivity index is 2.71. The Morgan fingerprint density at radius 2 is 2.40 bits per heavy atom. The molecule has 1 aromatic heterocycles. The summed E-state index contributed by atoms with van der Waals surface area (Å²) >= 11 is 1.24. The van der Waals surface area contributed by atoms with E-state index in [9.17, 15) is 4.79 Å². The number of hydrogen-bond acceptors (Lipinski definition) is 5. The molecule has 5 nitrogen and oxygen atoms in total. The van der Waals surface area contributed by atoms with Gasteiger partial charge in [-0.25, -0.2) is 4.98 Å². The van der Waals surface area contributed by atoms with Crippen LogP contribution >= 0.6 is 11.3 Å². The third-order valence-electron chi connectivity index (χ3n) is 1.89. The summed E-state index contributed by atoms with van der Waals surface area (Å²) < 4.78 is 0. The lowest BCUT2D eigenvalue weighted by atomic mass is 10.3. The van der Waals surface area contributed by atoms with Crippen molar-refractivity contribution < 1.29 is 9.90 Å². The van der Waals surface area contributed by atoms with Crippen LogP contribution in [0.25, 0.3) is 0 Å². The topological polar surface area (TPSA) is 79.5 Å². The van der Waals surface area contributed by atoms with Gasteiger partial charge in [0.05, 0.1) is 6.61 Å². The average Bonchev–Trinajstić information content (AvgIpc) is 2.63. The SMILES string of the molecule is CCCN(CCO)C(=O)c1csc(N)n1. The number of nitrogens with zero attached hydrogens (tertiary/aromatic N) is 2. The normalized spacial score (nSPS) is 10.3. The van der Waals surface area contributed by atoms with Gasteiger partial charge in [-0.2, -0.15) is 0 Å². The molecule has 0 spiro atoms. The van der Waals surface area contributed by atoms with E-state index >= 15 is 0 Å². The number of rotatable bonds is 5. The Bertz CT molecular complexity index is 321. The minimum atomic E-state index is -0.168. The zero-order chi connectivity index (χ0) is 11.3. The number of anilines is 1. The first-order chi connectivity index (χ1) is 7.19. The molecule has 6 heteroatoms. The van der Waals surface area contributed by atoms with Gasteiger partial charge in [-0.1, -0.05) is 6.92 Å². The molecule has 0 bridgehead atoms. The maximum absolute atomic E-state index is 11.8. The minimum Gasteiger partial charge on any atom is -0.395 e. The van der Waals surface area contributed by atoms with Crippen LogP contribution in [0.4, 0.5) is 5.13 Å². The molecule has 0 aliphatic heterocycles. The van der Waals surface area contributed by atoms with E-state index in [2.05, 4.69) is 4.98 Å². The van der Waals surface area contributed by atoms with E-state index in [1.807, 2.05) is 6.92 Å². The van der Waals surface area contributed by atoms with Crippen LogP contribution in [0.5, 0.6) is 0 Å². The van der Waals surface area contributed by atoms with Crippen molar-refractivity contribution >= 4 is 22.4 Å². The van der Waals surface area contributed by atoms with Crippen LogP contribution in [-0.4, -0.2) is 40.6 Å². The fourth-order valence-electron chi connectivity index (χ4n) is 1.25. The van der Waals surface area contributed by atoms with Crippen molar-refractivity contribution in [1.82, 2.24) is 9.88 Å². The number of hydrogen-bond donors (Lipinski definition) is 2. The molecule has 1 aromatic rings. The summed E-state index contributed by atoms with van der Waals surface area (Å²) in [5, 5.41) is 10.9. The number of nitrogens with two attached hydrogens (primary N) is 1. The van der Waals surface area contributed by atoms with Crippen molar-refractivity contribution in [1.29, 1.82) is 0 Å². The van der Waals surface area contributed by atoms with Gasteiger partial charge in [-0.15, -0.1) is 11.3 Å². The van der Waals surface area contributed by atoms with E-state index in [0.29, 0.717) is 23.9 Å². The molecule has 0 radical (unpaired) electrons. The van der Waals surface area contributed by atoms with Crippen molar-refractivity contribution in [2.75, 3.05) is 25.4 Å². The predicted molar refractivity (Wildman–Crippen MR) is 59.8 cm³/mol. The summed E-state index contributed by atoms with van der Waals surface area (Å²) in [4.78, 5) is 17.3. The van der Waals surface area contributed by atoms with Gasteiger partial charge in [0.1, 0.15) is 5.69 Å². The van der Waals surface area contributed by atoms with Crippen LogP contribution in [0.15, 0.2) is 5.38 Å². The van der Waals surface area contributed by atoms with Crippen LogP contribution in [0.3, 0.4) is 0 Å². The second kappa shape index (κ2) is 5.67. The molecule has 1 heterocycles. The van der Waals surface area contributed by atoms with Gasteiger partial charge in [0.2, 0.25) is 0 Å². The van der Waals surface area contributed by atoms with Crippen molar-refractivity contribution in [3.63, 3.8) is 0 Å². The highest BCUT2D eigenvalue weighted by molar-refractivity contribution is 7.13. The van der Waals surface area contributed by atoms with E-state index < -0.39 is 0 Å². The Kier molecular flexibility index (Phi) is 4.51. The number of carbonyl (C=O) groups excluding carboxylic acids is 1. The highest BCUT2D eigenvalue weighted by Crippen LogP contribution is 2.13. The maximum Gasteiger partial charge on any atom is 0.273 e. The van der Waals surface area contributed by atoms with E-state index in [4.69, 9.17) is 10.8 Å². The van der Waals surface area contributed by atoms with Crippen LogP contribution in [0, 0.1) is 0 Å². The van der Waals surface area contributed by atoms with Gasteiger partial charge in [0, 0.05) is 18.5 Å². The van der Waals surface area contributed by atoms with Crippen LogP contribution in [0.1, 0.15) is 23.8 Å². The second-order valence-corrected chi connectivity index (χ2v) is 3.98. The van der Waals surface area contributed by atoms with Gasteiger partial charge >= 0.3 is 0 Å². The lowest BCUT2D eigenvalue weighted by molar-refractivity contribution is 0.0717. The number of aliphatic hydroxyl groups excluding tert-OH is 1. The summed E-state index contributed by atoms with van der Waals surface area (Å²) in [6, 6.07) is 0. The maximum atomic E-state index is 11.8. The number of aromatic nitrogens is 1. The van der Waals surface area contributed by atoms with E-state index in [-0.39, 0.29) is 12.5 Å². The minimum absolute atomic E-state index is 0.0363. The molecule has 0 aromatic carbocycles. The largest absolute Gasteiger partial charge is 0.395 e. The fraction of sp³-hybridized carbons (Fsp3) is 0.556. The summed E-state index contributed by atoms with van der Waals surface area (Å²) in [6.45, 7) is 2.90. The van der Waals surface area contributed by atoms with Crippen LogP contribution < -0.4 is 5.73 Å². The van der Waals surface area contributed by atoms with E-state index in [0.717, 1.165) is 6.42 Å². The van der Waals surface area contributed by atoms with Gasteiger partial charge < -0.3 is 15.7 Å². The van der Waals surface area contributed by atoms with Crippen molar-refractivity contribution in [3.05, 3.63) is 11.1 Å². The molecule has 0 unspecified atom stereocenters. The number of nitrogen functional groups attached to an aromatic ring is 1. The molecule has 0 atom stereocenters. The Labute approximate surface area is 92.5 Å². The fourth-order valence-corrected chi connectivity index (χ4v) is 1.79. The third-order valence-corrected chi connectivity index (χ3v) is 2.57. The first-order valence-corrected chi connectivity index (χ1v) is 5.68.